The highest BCUT2D eigenvalue weighted by Crippen LogP contribution is 2.19. The molecule has 0 unspecified atom stereocenters. The van der Waals surface area contributed by atoms with Gasteiger partial charge in [-0.25, -0.2) is 4.79 Å². The van der Waals surface area contributed by atoms with Crippen LogP contribution in [0.15, 0.2) is 18.2 Å². The summed E-state index contributed by atoms with van der Waals surface area (Å²) >= 11 is 0. The number of hydrogen-bond donors (Lipinski definition) is 2. The molecule has 106 valence electrons. The first-order valence-corrected chi connectivity index (χ1v) is 7.34. The molecule has 0 atom stereocenters. The predicted molar refractivity (Wildman–Crippen MR) is 73.4 cm³/mol. The molecule has 7 heteroatoms. The van der Waals surface area contributed by atoms with E-state index in [0.29, 0.717) is 13.0 Å². The normalized spacial score (nSPS) is 11.1. The summed E-state index contributed by atoms with van der Waals surface area (Å²) in [6, 6.07) is 4.82. The molecule has 0 saturated carbocycles. The lowest BCUT2D eigenvalue weighted by Crippen LogP contribution is -2.31. The third-order valence-electron chi connectivity index (χ3n) is 2.37. The van der Waals surface area contributed by atoms with Crippen LogP contribution in [0.3, 0.4) is 0 Å². The molecular weight excluding hydrogens is 268 g/mol. The molecule has 0 heterocycles. The predicted octanol–water partition coefficient (Wildman–Crippen LogP) is 1.44. The standard InChI is InChI=1S/C12H18N2O4S/c1-4-7-13-19(16,17)14-11-6-5-9(2)8-10(11)12(15)18-3/h5-6,8,13-14H,4,7H2,1-3H3. The zero-order chi connectivity index (χ0) is 14.5. The van der Waals surface area contributed by atoms with Crippen LogP contribution in [0.1, 0.15) is 29.3 Å². The van der Waals surface area contributed by atoms with Gasteiger partial charge in [0.2, 0.25) is 0 Å². The van der Waals surface area contributed by atoms with Crippen molar-refractivity contribution < 1.29 is 17.9 Å². The van der Waals surface area contributed by atoms with Crippen molar-refractivity contribution in [2.45, 2.75) is 20.3 Å². The van der Waals surface area contributed by atoms with E-state index < -0.39 is 16.2 Å². The van der Waals surface area contributed by atoms with Crippen LogP contribution in [0.2, 0.25) is 0 Å². The fourth-order valence-corrected chi connectivity index (χ4v) is 2.46. The molecule has 0 bridgehead atoms. The van der Waals surface area contributed by atoms with Crippen LogP contribution >= 0.6 is 0 Å². The van der Waals surface area contributed by atoms with Gasteiger partial charge in [-0.05, 0) is 25.5 Å². The average Bonchev–Trinajstić information content (AvgIpc) is 2.37. The molecule has 2 N–H and O–H groups in total. The zero-order valence-corrected chi connectivity index (χ0v) is 12.0. The van der Waals surface area contributed by atoms with Gasteiger partial charge < -0.3 is 4.74 Å². The van der Waals surface area contributed by atoms with E-state index in [0.717, 1.165) is 5.56 Å². The van der Waals surface area contributed by atoms with Gasteiger partial charge in [0, 0.05) is 6.54 Å². The van der Waals surface area contributed by atoms with E-state index in [4.69, 9.17) is 0 Å². The van der Waals surface area contributed by atoms with Crippen molar-refractivity contribution in [1.29, 1.82) is 0 Å². The van der Waals surface area contributed by atoms with Gasteiger partial charge in [0.15, 0.2) is 0 Å². The summed E-state index contributed by atoms with van der Waals surface area (Å²) in [5.74, 6) is -0.586. The van der Waals surface area contributed by atoms with Gasteiger partial charge in [-0.15, -0.1) is 0 Å². The van der Waals surface area contributed by atoms with Gasteiger partial charge >= 0.3 is 5.97 Å². The first-order valence-electron chi connectivity index (χ1n) is 5.86. The molecule has 19 heavy (non-hydrogen) atoms. The van der Waals surface area contributed by atoms with Gasteiger partial charge in [-0.1, -0.05) is 18.6 Å². The van der Waals surface area contributed by atoms with Crippen molar-refractivity contribution in [1.82, 2.24) is 4.72 Å². The third-order valence-corrected chi connectivity index (χ3v) is 3.44. The van der Waals surface area contributed by atoms with Crippen LogP contribution < -0.4 is 9.44 Å². The van der Waals surface area contributed by atoms with E-state index in [1.807, 2.05) is 6.92 Å². The smallest absolute Gasteiger partial charge is 0.340 e. The van der Waals surface area contributed by atoms with E-state index in [-0.39, 0.29) is 11.3 Å². The number of methoxy groups -OCH3 is 1. The van der Waals surface area contributed by atoms with Gasteiger partial charge in [0.25, 0.3) is 10.2 Å². The van der Waals surface area contributed by atoms with Crippen LogP contribution in [-0.4, -0.2) is 28.0 Å². The molecule has 1 rings (SSSR count). The molecule has 0 spiro atoms. The van der Waals surface area contributed by atoms with Crippen molar-refractivity contribution in [3.05, 3.63) is 29.3 Å². The molecule has 0 fully saturated rings. The molecule has 0 aliphatic carbocycles. The van der Waals surface area contributed by atoms with Gasteiger partial charge in [0.05, 0.1) is 18.4 Å². The van der Waals surface area contributed by atoms with Gasteiger partial charge in [-0.3, -0.25) is 4.72 Å². The van der Waals surface area contributed by atoms with Crippen molar-refractivity contribution in [2.75, 3.05) is 18.4 Å². The molecule has 0 aliphatic heterocycles. The summed E-state index contributed by atoms with van der Waals surface area (Å²) in [7, 11) is -2.43. The number of hydrogen-bond acceptors (Lipinski definition) is 4. The Morgan fingerprint density at radius 3 is 2.63 bits per heavy atom. The molecular formula is C12H18N2O4S. The van der Waals surface area contributed by atoms with Gasteiger partial charge in [-0.2, -0.15) is 13.1 Å². The Balaban J connectivity index is 3.04. The second kappa shape index (κ2) is 6.53. The summed E-state index contributed by atoms with van der Waals surface area (Å²) in [4.78, 5) is 11.6. The van der Waals surface area contributed by atoms with Crippen molar-refractivity contribution in [2.24, 2.45) is 0 Å². The molecule has 0 radical (unpaired) electrons. The van der Waals surface area contributed by atoms with Crippen molar-refractivity contribution in [3.8, 4) is 0 Å². The number of esters is 1. The average molecular weight is 286 g/mol. The first kappa shape index (κ1) is 15.5. The Morgan fingerprint density at radius 2 is 2.05 bits per heavy atom. The summed E-state index contributed by atoms with van der Waals surface area (Å²) in [5.41, 5.74) is 1.22. The minimum Gasteiger partial charge on any atom is -0.465 e. The van der Waals surface area contributed by atoms with Crippen molar-refractivity contribution >= 4 is 21.9 Å². The van der Waals surface area contributed by atoms with E-state index in [1.54, 1.807) is 19.1 Å². The Morgan fingerprint density at radius 1 is 1.37 bits per heavy atom. The number of carbonyl (C=O) groups excluding carboxylic acids is 1. The first-order chi connectivity index (χ1) is 8.89. The molecule has 0 saturated heterocycles. The van der Waals surface area contributed by atoms with E-state index >= 15 is 0 Å². The zero-order valence-electron chi connectivity index (χ0n) is 11.2. The Hall–Kier alpha value is -1.60. The Bertz CT molecular complexity index is 555. The Labute approximate surface area is 113 Å². The maximum absolute atomic E-state index is 11.7. The number of benzene rings is 1. The molecule has 1 aromatic rings. The maximum atomic E-state index is 11.7. The fourth-order valence-electron chi connectivity index (χ4n) is 1.44. The van der Waals surface area contributed by atoms with Crippen LogP contribution in [0.4, 0.5) is 5.69 Å². The highest BCUT2D eigenvalue weighted by molar-refractivity contribution is 7.90. The van der Waals surface area contributed by atoms with Crippen LogP contribution in [0.5, 0.6) is 0 Å². The molecule has 0 aromatic heterocycles. The summed E-state index contributed by atoms with van der Waals surface area (Å²) < 4.78 is 32.8. The number of nitrogens with one attached hydrogen (secondary N) is 2. The molecule has 1 aromatic carbocycles. The lowest BCUT2D eigenvalue weighted by molar-refractivity contribution is 0.0602. The molecule has 0 aliphatic rings. The van der Waals surface area contributed by atoms with E-state index in [1.165, 1.54) is 13.2 Å². The van der Waals surface area contributed by atoms with Crippen LogP contribution in [0.25, 0.3) is 0 Å². The van der Waals surface area contributed by atoms with E-state index in [9.17, 15) is 13.2 Å². The van der Waals surface area contributed by atoms with Crippen LogP contribution in [0, 0.1) is 6.92 Å². The highest BCUT2D eigenvalue weighted by atomic mass is 32.2. The van der Waals surface area contributed by atoms with Crippen LogP contribution in [-0.2, 0) is 14.9 Å². The SMILES string of the molecule is CCCNS(=O)(=O)Nc1ccc(C)cc1C(=O)OC. The second-order valence-electron chi connectivity index (χ2n) is 4.04. The fraction of sp³-hybridized carbons (Fsp3) is 0.417. The largest absolute Gasteiger partial charge is 0.465 e. The topological polar surface area (TPSA) is 84.5 Å². The number of ether oxygens (including phenoxy) is 1. The lowest BCUT2D eigenvalue weighted by atomic mass is 10.1. The summed E-state index contributed by atoms with van der Waals surface area (Å²) in [5, 5.41) is 0. The number of anilines is 1. The van der Waals surface area contributed by atoms with E-state index in [2.05, 4.69) is 14.2 Å². The quantitative estimate of drug-likeness (QED) is 0.775. The minimum atomic E-state index is -3.68. The number of aryl methyl sites for hydroxylation is 1. The highest BCUT2D eigenvalue weighted by Gasteiger charge is 2.16. The lowest BCUT2D eigenvalue weighted by Gasteiger charge is -2.12. The second-order valence-corrected chi connectivity index (χ2v) is 5.54. The monoisotopic (exact) mass is 286 g/mol. The maximum Gasteiger partial charge on any atom is 0.340 e. The number of rotatable bonds is 6. The van der Waals surface area contributed by atoms with Crippen molar-refractivity contribution in [3.63, 3.8) is 0 Å². The summed E-state index contributed by atoms with van der Waals surface area (Å²) in [6.45, 7) is 3.99. The van der Waals surface area contributed by atoms with Gasteiger partial charge in [0.1, 0.15) is 0 Å². The summed E-state index contributed by atoms with van der Waals surface area (Å²) in [6.07, 6.45) is 0.679. The third kappa shape index (κ3) is 4.53. The Kier molecular flexibility index (Phi) is 5.31. The minimum absolute atomic E-state index is 0.185. The molecule has 6 nitrogen and oxygen atoms in total. The molecule has 0 amide bonds. The number of carbonyl (C=O) groups is 1.